The summed E-state index contributed by atoms with van der Waals surface area (Å²) in [6, 6.07) is 8.88. The zero-order valence-corrected chi connectivity index (χ0v) is 7.41. The molecule has 12 heavy (non-hydrogen) atoms. The summed E-state index contributed by atoms with van der Waals surface area (Å²) in [5.41, 5.74) is 1.94. The summed E-state index contributed by atoms with van der Waals surface area (Å²) < 4.78 is 0. The van der Waals surface area contributed by atoms with Gasteiger partial charge in [0, 0.05) is 0 Å². The van der Waals surface area contributed by atoms with Crippen molar-refractivity contribution < 1.29 is 27.5 Å². The molecule has 0 bridgehead atoms. The molecular weight excluding hydrogens is 178 g/mol. The Balaban J connectivity index is 0.00000121. The Morgan fingerprint density at radius 2 is 1.92 bits per heavy atom. The Morgan fingerprint density at radius 3 is 2.42 bits per heavy atom. The number of hydrogen-bond donors (Lipinski definition) is 1. The fraction of sp³-hybridized carbons (Fsp3) is 0.125. The van der Waals surface area contributed by atoms with Crippen LogP contribution < -0.4 is 17.9 Å². The van der Waals surface area contributed by atoms with E-state index in [2.05, 4.69) is 4.84 Å². The minimum Gasteiger partial charge on any atom is -1.00 e. The Hall–Kier alpha value is -1.06. The van der Waals surface area contributed by atoms with Gasteiger partial charge in [-0.2, -0.15) is 5.48 Å². The molecule has 0 saturated carbocycles. The molecule has 0 aliphatic heterocycles. The molecule has 0 spiro atoms. The number of rotatable bonds is 2. The molecule has 0 fully saturated rings. The molecule has 0 atom stereocenters. The molecule has 0 radical (unpaired) electrons. The Kier molecular flexibility index (Phi) is 5.08. The van der Waals surface area contributed by atoms with Crippen LogP contribution in [-0.2, 0) is 4.84 Å². The lowest BCUT2D eigenvalue weighted by Gasteiger charge is -1.95. The van der Waals surface area contributed by atoms with Gasteiger partial charge in [-0.05, 0) is 12.1 Å². The van der Waals surface area contributed by atoms with Gasteiger partial charge in [0.1, 0.15) is 7.05 Å². The summed E-state index contributed by atoms with van der Waals surface area (Å²) >= 11 is 0. The Labute approximate surface area is 77.1 Å². The van der Waals surface area contributed by atoms with Crippen molar-refractivity contribution in [2.75, 3.05) is 7.05 Å². The molecule has 0 unspecified atom stereocenters. The lowest BCUT2D eigenvalue weighted by molar-refractivity contribution is -0.851. The molecule has 0 heterocycles. The number of carbonyl (C=O) groups excluding carboxylic acids is 1. The molecule has 0 aliphatic rings. The van der Waals surface area contributed by atoms with Gasteiger partial charge in [-0.15, -0.1) is 0 Å². The average molecular weight is 188 g/mol. The van der Waals surface area contributed by atoms with Gasteiger partial charge in [-0.1, -0.05) is 18.2 Å². The van der Waals surface area contributed by atoms with Crippen LogP contribution in [-0.4, -0.2) is 13.0 Å². The third-order valence-electron chi connectivity index (χ3n) is 1.23. The Morgan fingerprint density at radius 1 is 1.33 bits per heavy atom. The molecule has 66 valence electrons. The van der Waals surface area contributed by atoms with Crippen LogP contribution in [0.5, 0.6) is 0 Å². The fourth-order valence-corrected chi connectivity index (χ4v) is 0.749. The van der Waals surface area contributed by atoms with Crippen LogP contribution in [0.15, 0.2) is 30.3 Å². The Bertz CT molecular complexity index is 238. The maximum absolute atomic E-state index is 11.0. The third-order valence-corrected chi connectivity index (χ3v) is 1.23. The smallest absolute Gasteiger partial charge is 0.397 e. The number of quaternary nitrogens is 1. The molecule has 1 aromatic carbocycles. The van der Waals surface area contributed by atoms with E-state index in [1.807, 2.05) is 6.07 Å². The van der Waals surface area contributed by atoms with Crippen LogP contribution in [0.3, 0.4) is 0 Å². The second-order valence-electron chi connectivity index (χ2n) is 2.01. The van der Waals surface area contributed by atoms with Crippen molar-refractivity contribution in [2.24, 2.45) is 0 Å². The van der Waals surface area contributed by atoms with Crippen LogP contribution in [0.1, 0.15) is 10.4 Å². The van der Waals surface area contributed by atoms with Crippen molar-refractivity contribution >= 4 is 5.97 Å². The molecule has 0 aromatic heterocycles. The lowest BCUT2D eigenvalue weighted by atomic mass is 10.2. The van der Waals surface area contributed by atoms with E-state index in [4.69, 9.17) is 0 Å². The van der Waals surface area contributed by atoms with Gasteiger partial charge in [0.05, 0.1) is 5.56 Å². The van der Waals surface area contributed by atoms with Crippen LogP contribution in [0.25, 0.3) is 0 Å². The molecule has 3 nitrogen and oxygen atoms in total. The third kappa shape index (κ3) is 2.90. The van der Waals surface area contributed by atoms with Gasteiger partial charge >= 0.3 is 5.97 Å². The first-order valence-corrected chi connectivity index (χ1v) is 3.38. The van der Waals surface area contributed by atoms with E-state index in [-0.39, 0.29) is 18.4 Å². The van der Waals surface area contributed by atoms with E-state index in [0.29, 0.717) is 5.56 Å². The van der Waals surface area contributed by atoms with E-state index in [9.17, 15) is 4.79 Å². The summed E-state index contributed by atoms with van der Waals surface area (Å²) in [4.78, 5) is 15.7. The second kappa shape index (κ2) is 5.57. The normalized spacial score (nSPS) is 8.42. The van der Waals surface area contributed by atoms with Crippen molar-refractivity contribution in [1.29, 1.82) is 0 Å². The van der Waals surface area contributed by atoms with Gasteiger partial charge < -0.3 is 12.4 Å². The molecule has 1 aromatic rings. The highest BCUT2D eigenvalue weighted by atomic mass is 35.5. The van der Waals surface area contributed by atoms with E-state index in [1.54, 1.807) is 31.3 Å². The maximum atomic E-state index is 11.0. The van der Waals surface area contributed by atoms with Crippen LogP contribution in [0.2, 0.25) is 0 Å². The van der Waals surface area contributed by atoms with Crippen molar-refractivity contribution in [3.63, 3.8) is 0 Å². The van der Waals surface area contributed by atoms with Gasteiger partial charge in [0.2, 0.25) is 0 Å². The molecule has 0 aliphatic carbocycles. The summed E-state index contributed by atoms with van der Waals surface area (Å²) in [6.45, 7) is 0. The van der Waals surface area contributed by atoms with Gasteiger partial charge in [0.25, 0.3) is 0 Å². The summed E-state index contributed by atoms with van der Waals surface area (Å²) in [5.74, 6) is -0.312. The molecule has 1 rings (SSSR count). The lowest BCUT2D eigenvalue weighted by Crippen LogP contribution is -3.00. The largest absolute Gasteiger partial charge is 1.00 e. The van der Waals surface area contributed by atoms with Crippen LogP contribution >= 0.6 is 0 Å². The van der Waals surface area contributed by atoms with Crippen molar-refractivity contribution in [3.05, 3.63) is 35.9 Å². The first-order chi connectivity index (χ1) is 5.34. The number of hydroxylamine groups is 1. The summed E-state index contributed by atoms with van der Waals surface area (Å²) in [7, 11) is 1.67. The quantitative estimate of drug-likeness (QED) is 0.501. The zero-order valence-electron chi connectivity index (χ0n) is 6.66. The number of carbonyl (C=O) groups is 1. The highest BCUT2D eigenvalue weighted by Gasteiger charge is 2.05. The number of halogens is 1. The van der Waals surface area contributed by atoms with Gasteiger partial charge in [-0.25, -0.2) is 4.79 Å². The number of nitrogens with two attached hydrogens (primary N) is 1. The van der Waals surface area contributed by atoms with Crippen LogP contribution in [0, 0.1) is 0 Å². The molecular formula is C8H10ClNO2. The highest BCUT2D eigenvalue weighted by Crippen LogP contribution is 1.97. The topological polar surface area (TPSA) is 42.9 Å². The predicted octanol–water partition coefficient (Wildman–Crippen LogP) is -3.04. The molecule has 4 heteroatoms. The van der Waals surface area contributed by atoms with Crippen LogP contribution in [0.4, 0.5) is 0 Å². The monoisotopic (exact) mass is 187 g/mol. The van der Waals surface area contributed by atoms with Crippen molar-refractivity contribution in [2.45, 2.75) is 0 Å². The second-order valence-corrected chi connectivity index (χ2v) is 2.01. The summed E-state index contributed by atoms with van der Waals surface area (Å²) in [5, 5.41) is 0. The number of benzene rings is 1. The minimum absolute atomic E-state index is 0. The highest BCUT2D eigenvalue weighted by molar-refractivity contribution is 5.88. The predicted molar refractivity (Wildman–Crippen MR) is 39.7 cm³/mol. The van der Waals surface area contributed by atoms with E-state index >= 15 is 0 Å². The molecule has 2 N–H and O–H groups in total. The first-order valence-electron chi connectivity index (χ1n) is 3.38. The van der Waals surface area contributed by atoms with Crippen molar-refractivity contribution in [1.82, 2.24) is 0 Å². The fourth-order valence-electron chi connectivity index (χ4n) is 0.749. The first kappa shape index (κ1) is 10.9. The minimum atomic E-state index is -0.312. The van der Waals surface area contributed by atoms with E-state index in [1.165, 1.54) is 5.48 Å². The maximum Gasteiger partial charge on any atom is 0.397 e. The summed E-state index contributed by atoms with van der Waals surface area (Å²) in [6.07, 6.45) is 0. The average Bonchev–Trinajstić information content (AvgIpc) is 2.07. The SMILES string of the molecule is C[NH2+]OC(=O)c1ccccc1.[Cl-]. The number of hydrogen-bond acceptors (Lipinski definition) is 2. The van der Waals surface area contributed by atoms with Crippen molar-refractivity contribution in [3.8, 4) is 0 Å². The zero-order chi connectivity index (χ0) is 8.10. The van der Waals surface area contributed by atoms with Gasteiger partial charge in [0.15, 0.2) is 0 Å². The van der Waals surface area contributed by atoms with E-state index < -0.39 is 0 Å². The standard InChI is InChI=1S/C8H9NO2.ClH/c1-9-11-8(10)7-5-3-2-4-6-7;/h2-6,9H,1H3;1H. The molecule has 0 amide bonds. The molecule has 0 saturated heterocycles. The van der Waals surface area contributed by atoms with Gasteiger partial charge in [-0.3, -0.25) is 4.84 Å². The van der Waals surface area contributed by atoms with E-state index in [0.717, 1.165) is 0 Å².